The van der Waals surface area contributed by atoms with Gasteiger partial charge >= 0.3 is 0 Å². The fourth-order valence-electron chi connectivity index (χ4n) is 0.902. The third-order valence-electron chi connectivity index (χ3n) is 1.75. The highest BCUT2D eigenvalue weighted by Gasteiger charge is 2.01. The van der Waals surface area contributed by atoms with Gasteiger partial charge in [0, 0.05) is 10.0 Å². The predicted molar refractivity (Wildman–Crippen MR) is 49.8 cm³/mol. The van der Waals surface area contributed by atoms with Gasteiger partial charge in [-0.2, -0.15) is 7.05 Å². The second-order valence-electron chi connectivity index (χ2n) is 2.58. The molecular weight excluding hydrogens is 202 g/mol. The van der Waals surface area contributed by atoms with Crippen LogP contribution in [0.1, 0.15) is 18.5 Å². The van der Waals surface area contributed by atoms with Crippen molar-refractivity contribution in [1.82, 2.24) is 0 Å². The number of benzene rings is 1. The fourth-order valence-corrected chi connectivity index (χ4v) is 1.17. The van der Waals surface area contributed by atoms with E-state index in [0.717, 1.165) is 4.47 Å². The first-order chi connectivity index (χ1) is 5.24. The standard InChI is InChI=1S/C9H12BrN/c1-7(11-2)8-3-5-9(10)6-4-8/h3-7H,2,11H2,1H3. The van der Waals surface area contributed by atoms with Crippen LogP contribution in [0, 0.1) is 7.05 Å². The van der Waals surface area contributed by atoms with E-state index in [4.69, 9.17) is 0 Å². The molecule has 0 amide bonds. The summed E-state index contributed by atoms with van der Waals surface area (Å²) in [6.45, 7) is 2.14. The van der Waals surface area contributed by atoms with Gasteiger partial charge in [0.15, 0.2) is 0 Å². The van der Waals surface area contributed by atoms with Gasteiger partial charge in [0.05, 0.1) is 6.04 Å². The van der Waals surface area contributed by atoms with E-state index in [-0.39, 0.29) is 0 Å². The van der Waals surface area contributed by atoms with Crippen molar-refractivity contribution >= 4 is 15.9 Å². The normalized spacial score (nSPS) is 13.0. The van der Waals surface area contributed by atoms with E-state index in [1.54, 1.807) is 0 Å². The molecule has 0 saturated heterocycles. The van der Waals surface area contributed by atoms with Crippen molar-refractivity contribution < 1.29 is 5.32 Å². The molecule has 0 fully saturated rings. The Kier molecular flexibility index (Phi) is 3.09. The summed E-state index contributed by atoms with van der Waals surface area (Å²) in [5.74, 6) is 0. The van der Waals surface area contributed by atoms with E-state index < -0.39 is 0 Å². The smallest absolute Gasteiger partial charge is 0.0848 e. The lowest BCUT2D eigenvalue weighted by Gasteiger charge is -2.10. The maximum Gasteiger partial charge on any atom is 0.0848 e. The SMILES string of the molecule is [CH2-][NH2+]C(C)c1ccc(Br)cc1. The summed E-state index contributed by atoms with van der Waals surface area (Å²) in [6, 6.07) is 8.76. The Morgan fingerprint density at radius 2 is 1.91 bits per heavy atom. The van der Waals surface area contributed by atoms with E-state index in [2.05, 4.69) is 54.2 Å². The van der Waals surface area contributed by atoms with Gasteiger partial charge in [0.25, 0.3) is 0 Å². The lowest BCUT2D eigenvalue weighted by atomic mass is 10.1. The molecule has 0 aromatic heterocycles. The van der Waals surface area contributed by atoms with Crippen molar-refractivity contribution in [3.8, 4) is 0 Å². The fraction of sp³-hybridized carbons (Fsp3) is 0.222. The Morgan fingerprint density at radius 3 is 2.36 bits per heavy atom. The Bertz CT molecular complexity index is 218. The topological polar surface area (TPSA) is 16.6 Å². The average Bonchev–Trinajstić information content (AvgIpc) is 2.05. The molecule has 0 heterocycles. The minimum Gasteiger partial charge on any atom is -0.473 e. The number of nitrogens with two attached hydrogens (primary N) is 1. The second-order valence-corrected chi connectivity index (χ2v) is 3.49. The molecule has 1 aromatic rings. The molecule has 0 aliphatic carbocycles. The van der Waals surface area contributed by atoms with Crippen LogP contribution in [0.5, 0.6) is 0 Å². The number of hydrogen-bond donors (Lipinski definition) is 1. The van der Waals surface area contributed by atoms with Crippen LogP contribution in [0.15, 0.2) is 28.7 Å². The quantitative estimate of drug-likeness (QED) is 0.723. The Morgan fingerprint density at radius 1 is 1.36 bits per heavy atom. The lowest BCUT2D eigenvalue weighted by molar-refractivity contribution is -0.637. The van der Waals surface area contributed by atoms with Crippen molar-refractivity contribution in [3.05, 3.63) is 41.3 Å². The van der Waals surface area contributed by atoms with Crippen molar-refractivity contribution in [2.45, 2.75) is 13.0 Å². The zero-order valence-electron chi connectivity index (χ0n) is 6.55. The molecule has 0 bridgehead atoms. The Balaban J connectivity index is 2.81. The maximum absolute atomic E-state index is 3.75. The first-order valence-corrected chi connectivity index (χ1v) is 4.41. The van der Waals surface area contributed by atoms with E-state index >= 15 is 0 Å². The molecule has 0 saturated carbocycles. The summed E-state index contributed by atoms with van der Waals surface area (Å²) in [6.07, 6.45) is 0. The molecule has 0 aliphatic heterocycles. The third-order valence-corrected chi connectivity index (χ3v) is 2.28. The molecule has 0 aliphatic rings. The molecule has 11 heavy (non-hydrogen) atoms. The van der Waals surface area contributed by atoms with Gasteiger partial charge in [-0.3, -0.25) is 0 Å². The molecule has 1 aromatic carbocycles. The van der Waals surface area contributed by atoms with Crippen LogP contribution < -0.4 is 5.32 Å². The van der Waals surface area contributed by atoms with Crippen LogP contribution in [0.3, 0.4) is 0 Å². The van der Waals surface area contributed by atoms with Crippen LogP contribution in [-0.2, 0) is 0 Å². The summed E-state index contributed by atoms with van der Waals surface area (Å²) < 4.78 is 1.12. The molecule has 2 heteroatoms. The number of quaternary nitrogens is 1. The highest BCUT2D eigenvalue weighted by molar-refractivity contribution is 9.10. The molecule has 60 valence electrons. The van der Waals surface area contributed by atoms with Crippen LogP contribution in [0.4, 0.5) is 0 Å². The summed E-state index contributed by atoms with van der Waals surface area (Å²) >= 11 is 3.39. The summed E-state index contributed by atoms with van der Waals surface area (Å²) in [4.78, 5) is 0. The number of rotatable bonds is 2. The lowest BCUT2D eigenvalue weighted by Crippen LogP contribution is -2.77. The molecule has 1 atom stereocenters. The van der Waals surface area contributed by atoms with Crippen molar-refractivity contribution in [1.29, 1.82) is 0 Å². The first-order valence-electron chi connectivity index (χ1n) is 3.62. The van der Waals surface area contributed by atoms with E-state index in [9.17, 15) is 0 Å². The van der Waals surface area contributed by atoms with Gasteiger partial charge in [-0.15, -0.1) is 0 Å². The predicted octanol–water partition coefficient (Wildman–Crippen LogP) is 1.87. The Labute approximate surface area is 75.9 Å². The van der Waals surface area contributed by atoms with Crippen molar-refractivity contribution in [2.24, 2.45) is 0 Å². The zero-order chi connectivity index (χ0) is 8.27. The molecule has 0 spiro atoms. The number of hydrogen-bond acceptors (Lipinski definition) is 0. The minimum absolute atomic E-state index is 0.447. The average molecular weight is 214 g/mol. The molecule has 1 nitrogen and oxygen atoms in total. The molecule has 1 unspecified atom stereocenters. The van der Waals surface area contributed by atoms with Gasteiger partial charge in [-0.1, -0.05) is 28.1 Å². The first kappa shape index (κ1) is 8.75. The zero-order valence-corrected chi connectivity index (χ0v) is 8.14. The maximum atomic E-state index is 3.75. The van der Waals surface area contributed by atoms with Crippen LogP contribution in [0.25, 0.3) is 0 Å². The van der Waals surface area contributed by atoms with Crippen LogP contribution in [0.2, 0.25) is 0 Å². The monoisotopic (exact) mass is 213 g/mol. The van der Waals surface area contributed by atoms with Gasteiger partial charge in [-0.25, -0.2) is 0 Å². The van der Waals surface area contributed by atoms with Crippen molar-refractivity contribution in [3.63, 3.8) is 0 Å². The molecule has 0 radical (unpaired) electrons. The highest BCUT2D eigenvalue weighted by atomic mass is 79.9. The van der Waals surface area contributed by atoms with Crippen LogP contribution >= 0.6 is 15.9 Å². The van der Waals surface area contributed by atoms with Gasteiger partial charge in [0.1, 0.15) is 0 Å². The third kappa shape index (κ3) is 2.31. The summed E-state index contributed by atoms with van der Waals surface area (Å²) in [5, 5.41) is 1.95. The Hall–Kier alpha value is -0.340. The van der Waals surface area contributed by atoms with E-state index in [1.165, 1.54) is 5.56 Å². The second kappa shape index (κ2) is 3.88. The highest BCUT2D eigenvalue weighted by Crippen LogP contribution is 2.13. The van der Waals surface area contributed by atoms with Crippen molar-refractivity contribution in [2.75, 3.05) is 0 Å². The van der Waals surface area contributed by atoms with E-state index in [0.29, 0.717) is 6.04 Å². The number of halogens is 1. The largest absolute Gasteiger partial charge is 0.473 e. The minimum atomic E-state index is 0.447. The van der Waals surface area contributed by atoms with Crippen LogP contribution in [-0.4, -0.2) is 0 Å². The van der Waals surface area contributed by atoms with E-state index in [1.807, 2.05) is 5.32 Å². The van der Waals surface area contributed by atoms with Gasteiger partial charge in [-0.05, 0) is 19.1 Å². The van der Waals surface area contributed by atoms with Gasteiger partial charge < -0.3 is 5.32 Å². The summed E-state index contributed by atoms with van der Waals surface area (Å²) in [5.41, 5.74) is 1.31. The summed E-state index contributed by atoms with van der Waals surface area (Å²) in [7, 11) is 3.75. The molecule has 2 N–H and O–H groups in total. The molecule has 1 rings (SSSR count). The van der Waals surface area contributed by atoms with Gasteiger partial charge in [0.2, 0.25) is 0 Å². The molecular formula is C9H12BrN.